The molecule has 0 aliphatic rings. The van der Waals surface area contributed by atoms with Crippen molar-refractivity contribution in [3.8, 4) is 0 Å². The molecule has 0 heterocycles. The zero-order valence-electron chi connectivity index (χ0n) is 21.8. The van der Waals surface area contributed by atoms with E-state index in [1.54, 1.807) is 0 Å². The zero-order valence-corrected chi connectivity index (χ0v) is 24.2. The van der Waals surface area contributed by atoms with Gasteiger partial charge in [-0.2, -0.15) is 8.78 Å². The van der Waals surface area contributed by atoms with E-state index in [1.807, 2.05) is 0 Å². The van der Waals surface area contributed by atoms with E-state index in [0.29, 0.717) is 18.2 Å². The molecule has 0 amide bonds. The fraction of sp³-hybridized carbons (Fsp3) is 0.0400. The molecular formula is C25H16ClF6N3O8S2. The number of anilines is 1. The maximum atomic E-state index is 13.6. The van der Waals surface area contributed by atoms with Crippen molar-refractivity contribution in [1.82, 2.24) is 0 Å². The highest BCUT2D eigenvalue weighted by Gasteiger charge is 2.23. The minimum atomic E-state index is -4.06. The number of nitro benzene ring substituents is 2. The first-order valence-corrected chi connectivity index (χ1v) is 15.4. The second-order valence-electron chi connectivity index (χ2n) is 8.34. The third kappa shape index (κ3) is 10.4. The van der Waals surface area contributed by atoms with Crippen LogP contribution < -0.4 is 5.73 Å². The summed E-state index contributed by atoms with van der Waals surface area (Å²) in [7, 11) is -2.81. The molecule has 0 saturated carbocycles. The van der Waals surface area contributed by atoms with E-state index in [1.165, 1.54) is 0 Å². The van der Waals surface area contributed by atoms with Gasteiger partial charge in [0.25, 0.3) is 9.05 Å². The van der Waals surface area contributed by atoms with E-state index >= 15 is 0 Å². The molecule has 0 aliphatic heterocycles. The SMILES string of the molecule is Nc1cc([N+](=O)[O-])c(F)cc1F.O=S(=O)(Cl)c1ccc(F)cc1.O=[N+]([O-])c1cc(CS(=O)(=O)c2ccc(F)cc2)c(F)cc1F. The second kappa shape index (κ2) is 14.8. The lowest BCUT2D eigenvalue weighted by Crippen LogP contribution is -2.08. The molecule has 0 radical (unpaired) electrons. The van der Waals surface area contributed by atoms with E-state index in [0.717, 1.165) is 48.5 Å². The topological polar surface area (TPSA) is 181 Å². The number of benzene rings is 4. The van der Waals surface area contributed by atoms with Crippen LogP contribution in [0.5, 0.6) is 0 Å². The molecule has 45 heavy (non-hydrogen) atoms. The van der Waals surface area contributed by atoms with Crippen LogP contribution in [0.4, 0.5) is 43.4 Å². The van der Waals surface area contributed by atoms with Crippen LogP contribution in [0.1, 0.15) is 5.56 Å². The Labute approximate surface area is 254 Å². The van der Waals surface area contributed by atoms with E-state index in [4.69, 9.17) is 16.4 Å². The molecule has 0 unspecified atom stereocenters. The molecular weight excluding hydrogens is 684 g/mol. The van der Waals surface area contributed by atoms with Crippen LogP contribution in [0.3, 0.4) is 0 Å². The highest BCUT2D eigenvalue weighted by molar-refractivity contribution is 8.13. The summed E-state index contributed by atoms with van der Waals surface area (Å²) >= 11 is 0. The Morgan fingerprint density at radius 3 is 1.44 bits per heavy atom. The Kier molecular flexibility index (Phi) is 12.0. The predicted octanol–water partition coefficient (Wildman–Crippen LogP) is 6.19. The van der Waals surface area contributed by atoms with Gasteiger partial charge in [0.1, 0.15) is 23.3 Å². The number of hydrogen-bond donors (Lipinski definition) is 1. The van der Waals surface area contributed by atoms with Crippen LogP contribution in [0.15, 0.2) is 82.6 Å². The Morgan fingerprint density at radius 1 is 0.622 bits per heavy atom. The molecule has 20 heteroatoms. The number of rotatable bonds is 6. The zero-order chi connectivity index (χ0) is 34.3. The molecule has 0 aliphatic carbocycles. The third-order valence-corrected chi connectivity index (χ3v) is 8.24. The highest BCUT2D eigenvalue weighted by Crippen LogP contribution is 2.25. The lowest BCUT2D eigenvalue weighted by molar-refractivity contribution is -0.387. The van der Waals surface area contributed by atoms with E-state index in [9.17, 15) is 63.4 Å². The molecule has 0 aromatic heterocycles. The van der Waals surface area contributed by atoms with Crippen LogP contribution in [-0.2, 0) is 24.6 Å². The molecule has 0 atom stereocenters. The number of sulfone groups is 1. The van der Waals surface area contributed by atoms with Crippen LogP contribution in [0.2, 0.25) is 0 Å². The van der Waals surface area contributed by atoms with Gasteiger partial charge < -0.3 is 5.73 Å². The second-order valence-corrected chi connectivity index (χ2v) is 12.9. The number of nitrogens with two attached hydrogens (primary N) is 1. The summed E-state index contributed by atoms with van der Waals surface area (Å²) in [6, 6.07) is 9.91. The smallest absolute Gasteiger partial charge is 0.307 e. The van der Waals surface area contributed by atoms with Crippen LogP contribution in [-0.4, -0.2) is 26.7 Å². The summed E-state index contributed by atoms with van der Waals surface area (Å²) in [6.07, 6.45) is 0. The predicted molar refractivity (Wildman–Crippen MR) is 147 cm³/mol. The number of halogens is 7. The molecule has 0 saturated heterocycles. The fourth-order valence-electron chi connectivity index (χ4n) is 3.05. The van der Waals surface area contributed by atoms with Gasteiger partial charge in [0.15, 0.2) is 9.84 Å². The minimum Gasteiger partial charge on any atom is -0.396 e. The lowest BCUT2D eigenvalue weighted by atomic mass is 10.2. The van der Waals surface area contributed by atoms with Crippen molar-refractivity contribution in [2.45, 2.75) is 15.5 Å². The molecule has 0 spiro atoms. The van der Waals surface area contributed by atoms with Crippen LogP contribution in [0, 0.1) is 55.1 Å². The maximum Gasteiger partial charge on any atom is 0.307 e. The first kappa shape index (κ1) is 36.4. The molecule has 11 nitrogen and oxygen atoms in total. The van der Waals surface area contributed by atoms with Crippen molar-refractivity contribution in [2.75, 3.05) is 5.73 Å². The average Bonchev–Trinajstić information content (AvgIpc) is 2.92. The normalized spacial score (nSPS) is 11.0. The van der Waals surface area contributed by atoms with Crippen LogP contribution >= 0.6 is 10.7 Å². The van der Waals surface area contributed by atoms with Gasteiger partial charge in [-0.3, -0.25) is 20.2 Å². The van der Waals surface area contributed by atoms with E-state index < -0.39 is 92.0 Å². The van der Waals surface area contributed by atoms with Gasteiger partial charge in [-0.05, 0) is 48.5 Å². The van der Waals surface area contributed by atoms with E-state index in [-0.39, 0.29) is 15.9 Å². The van der Waals surface area contributed by atoms with Gasteiger partial charge in [-0.15, -0.1) is 0 Å². The maximum absolute atomic E-state index is 13.6. The van der Waals surface area contributed by atoms with Crippen molar-refractivity contribution in [2.24, 2.45) is 0 Å². The van der Waals surface area contributed by atoms with Crippen molar-refractivity contribution in [1.29, 1.82) is 0 Å². The van der Waals surface area contributed by atoms with Gasteiger partial charge in [0.2, 0.25) is 11.6 Å². The molecule has 0 fully saturated rings. The molecule has 4 rings (SSSR count). The van der Waals surface area contributed by atoms with Gasteiger partial charge in [0.05, 0.1) is 31.1 Å². The summed E-state index contributed by atoms with van der Waals surface area (Å²) < 4.78 is 122. The van der Waals surface area contributed by atoms with Gasteiger partial charge >= 0.3 is 11.4 Å². The van der Waals surface area contributed by atoms with Crippen molar-refractivity contribution < 1.29 is 53.0 Å². The van der Waals surface area contributed by atoms with Crippen LogP contribution in [0.25, 0.3) is 0 Å². The van der Waals surface area contributed by atoms with E-state index in [2.05, 4.69) is 0 Å². The first-order valence-electron chi connectivity index (χ1n) is 11.4. The monoisotopic (exact) mass is 699 g/mol. The molecule has 0 bridgehead atoms. The quantitative estimate of drug-likeness (QED) is 0.0612. The molecule has 2 N–H and O–H groups in total. The number of nitrogen functional groups attached to an aromatic ring is 1. The summed E-state index contributed by atoms with van der Waals surface area (Å²) in [5.74, 6) is -6.90. The Hall–Kier alpha value is -4.75. The minimum absolute atomic E-state index is 0.0967. The van der Waals surface area contributed by atoms with Gasteiger partial charge in [-0.1, -0.05) is 0 Å². The molecule has 240 valence electrons. The fourth-order valence-corrected chi connectivity index (χ4v) is 5.17. The van der Waals surface area contributed by atoms with Crippen molar-refractivity contribution in [3.05, 3.63) is 133 Å². The molecule has 4 aromatic carbocycles. The van der Waals surface area contributed by atoms with Gasteiger partial charge in [-0.25, -0.2) is 34.4 Å². The average molecular weight is 700 g/mol. The third-order valence-electron chi connectivity index (χ3n) is 5.19. The lowest BCUT2D eigenvalue weighted by Gasteiger charge is -2.06. The highest BCUT2D eigenvalue weighted by atomic mass is 35.7. The summed E-state index contributed by atoms with van der Waals surface area (Å²) in [4.78, 5) is 18.3. The summed E-state index contributed by atoms with van der Waals surface area (Å²) in [5.41, 5.74) is 2.15. The van der Waals surface area contributed by atoms with Gasteiger partial charge in [0, 0.05) is 40.5 Å². The largest absolute Gasteiger partial charge is 0.396 e. The first-order chi connectivity index (χ1) is 20.7. The Morgan fingerprint density at radius 2 is 1.02 bits per heavy atom. The Bertz CT molecular complexity index is 1950. The summed E-state index contributed by atoms with van der Waals surface area (Å²) in [5, 5.41) is 20.7. The summed E-state index contributed by atoms with van der Waals surface area (Å²) in [6.45, 7) is 0. The number of nitrogens with zero attached hydrogens (tertiary/aromatic N) is 2. The number of hydrogen-bond acceptors (Lipinski definition) is 9. The van der Waals surface area contributed by atoms with Crippen molar-refractivity contribution in [3.63, 3.8) is 0 Å². The number of nitro groups is 2. The standard InChI is InChI=1S/C13H8F3NO4S.C6H4ClFO2S.C6H4F2N2O2/c14-9-1-3-10(4-2-9)22(20,21)7-8-5-13(17(18)19)12(16)6-11(8)15;7-11(9,10)6-3-1-5(8)2-4-6;7-3-1-4(8)6(10(11)12)2-5(3)9/h1-6H,7H2;1-4H;1-2H,9H2. The molecule has 4 aromatic rings. The Balaban J connectivity index is 0.000000259. The van der Waals surface area contributed by atoms with Crippen molar-refractivity contribution >= 4 is 46.6 Å².